The van der Waals surface area contributed by atoms with Crippen LogP contribution in [-0.2, 0) is 0 Å². The molecule has 0 amide bonds. The van der Waals surface area contributed by atoms with Crippen LogP contribution in [0.3, 0.4) is 0 Å². The van der Waals surface area contributed by atoms with Gasteiger partial charge in [-0.2, -0.15) is 5.10 Å². The lowest BCUT2D eigenvalue weighted by atomic mass is 10.3. The number of nitrogen functional groups attached to an aromatic ring is 1. The first-order chi connectivity index (χ1) is 7.33. The van der Waals surface area contributed by atoms with Crippen LogP contribution in [0.25, 0.3) is 5.82 Å². The number of nitrogens with zero attached hydrogens (tertiary/aromatic N) is 4. The fourth-order valence-corrected chi connectivity index (χ4v) is 1.55. The van der Waals surface area contributed by atoms with Crippen LogP contribution in [0.2, 0.25) is 0 Å². The van der Waals surface area contributed by atoms with Gasteiger partial charge in [0.05, 0.1) is 5.69 Å². The molecule has 2 heterocycles. The molecule has 0 spiro atoms. The molecule has 2 aromatic rings. The van der Waals surface area contributed by atoms with Gasteiger partial charge in [0.15, 0.2) is 5.82 Å². The highest BCUT2D eigenvalue weighted by molar-refractivity contribution is 5.35. The van der Waals surface area contributed by atoms with E-state index in [4.69, 9.17) is 5.73 Å². The fourth-order valence-electron chi connectivity index (χ4n) is 1.55. The highest BCUT2D eigenvalue weighted by Crippen LogP contribution is 2.38. The van der Waals surface area contributed by atoms with Gasteiger partial charge in [0, 0.05) is 18.2 Å². The maximum Gasteiger partial charge on any atom is 0.158 e. The van der Waals surface area contributed by atoms with E-state index in [2.05, 4.69) is 15.1 Å². The fraction of sp³-hybridized carbons (Fsp3) is 0.300. The van der Waals surface area contributed by atoms with Gasteiger partial charge in [0.1, 0.15) is 12.1 Å². The molecule has 0 atom stereocenters. The molecule has 0 unspecified atom stereocenters. The van der Waals surface area contributed by atoms with Gasteiger partial charge < -0.3 is 5.73 Å². The second-order valence-corrected chi connectivity index (χ2v) is 3.76. The Balaban J connectivity index is 1.97. The van der Waals surface area contributed by atoms with Gasteiger partial charge in [0.2, 0.25) is 0 Å². The Morgan fingerprint density at radius 1 is 1.33 bits per heavy atom. The summed E-state index contributed by atoms with van der Waals surface area (Å²) in [6.07, 6.45) is 5.87. The largest absolute Gasteiger partial charge is 0.384 e. The summed E-state index contributed by atoms with van der Waals surface area (Å²) >= 11 is 0. The van der Waals surface area contributed by atoms with Gasteiger partial charge >= 0.3 is 0 Å². The minimum atomic E-state index is 0.462. The van der Waals surface area contributed by atoms with Crippen LogP contribution >= 0.6 is 0 Å². The Labute approximate surface area is 87.0 Å². The van der Waals surface area contributed by atoms with E-state index in [1.54, 1.807) is 10.7 Å². The molecule has 0 radical (unpaired) electrons. The molecule has 3 rings (SSSR count). The van der Waals surface area contributed by atoms with E-state index in [-0.39, 0.29) is 0 Å². The summed E-state index contributed by atoms with van der Waals surface area (Å²) in [5.41, 5.74) is 6.73. The molecule has 1 saturated carbocycles. The minimum Gasteiger partial charge on any atom is -0.384 e. The molecule has 5 nitrogen and oxygen atoms in total. The second-order valence-electron chi connectivity index (χ2n) is 3.76. The second kappa shape index (κ2) is 3.05. The van der Waals surface area contributed by atoms with Crippen molar-refractivity contribution < 1.29 is 0 Å². The molecule has 5 heteroatoms. The molecular weight excluding hydrogens is 190 g/mol. The predicted molar refractivity (Wildman–Crippen MR) is 55.5 cm³/mol. The molecular formula is C10H11N5. The molecule has 1 aliphatic rings. The molecule has 2 aromatic heterocycles. The van der Waals surface area contributed by atoms with Crippen LogP contribution in [0.4, 0.5) is 5.82 Å². The minimum absolute atomic E-state index is 0.462. The maximum atomic E-state index is 5.58. The average molecular weight is 201 g/mol. The summed E-state index contributed by atoms with van der Waals surface area (Å²) in [5, 5.41) is 4.45. The van der Waals surface area contributed by atoms with E-state index in [1.807, 2.05) is 12.3 Å². The van der Waals surface area contributed by atoms with Crippen LogP contribution in [0.15, 0.2) is 24.7 Å². The van der Waals surface area contributed by atoms with Gasteiger partial charge in [-0.05, 0) is 18.9 Å². The Kier molecular flexibility index (Phi) is 1.71. The first-order valence-electron chi connectivity index (χ1n) is 4.96. The highest BCUT2D eigenvalue weighted by atomic mass is 15.3. The van der Waals surface area contributed by atoms with E-state index < -0.39 is 0 Å². The standard InChI is InChI=1S/C10H11N5/c11-9-5-10(13-6-12-9)15-4-3-8(14-15)7-1-2-7/h3-7H,1-2H2,(H2,11,12,13). The normalized spacial score (nSPS) is 15.5. The van der Waals surface area contributed by atoms with E-state index in [1.165, 1.54) is 19.2 Å². The van der Waals surface area contributed by atoms with Gasteiger partial charge in [-0.1, -0.05) is 0 Å². The van der Waals surface area contributed by atoms with Crippen molar-refractivity contribution >= 4 is 5.82 Å². The maximum absolute atomic E-state index is 5.58. The summed E-state index contributed by atoms with van der Waals surface area (Å²) in [6, 6.07) is 3.75. The van der Waals surface area contributed by atoms with E-state index in [0.717, 1.165) is 11.5 Å². The van der Waals surface area contributed by atoms with Gasteiger partial charge in [-0.15, -0.1) is 0 Å². The van der Waals surface area contributed by atoms with E-state index in [9.17, 15) is 0 Å². The van der Waals surface area contributed by atoms with Crippen molar-refractivity contribution in [2.45, 2.75) is 18.8 Å². The lowest BCUT2D eigenvalue weighted by Gasteiger charge is -1.99. The summed E-state index contributed by atoms with van der Waals surface area (Å²) in [7, 11) is 0. The van der Waals surface area contributed by atoms with E-state index in [0.29, 0.717) is 11.7 Å². The summed E-state index contributed by atoms with van der Waals surface area (Å²) in [4.78, 5) is 7.96. The number of rotatable bonds is 2. The van der Waals surface area contributed by atoms with Crippen LogP contribution in [0, 0.1) is 0 Å². The van der Waals surface area contributed by atoms with Crippen molar-refractivity contribution in [3.8, 4) is 5.82 Å². The zero-order chi connectivity index (χ0) is 10.3. The molecule has 0 aromatic carbocycles. The molecule has 1 fully saturated rings. The Morgan fingerprint density at radius 3 is 2.93 bits per heavy atom. The Hall–Kier alpha value is -1.91. The highest BCUT2D eigenvalue weighted by Gasteiger charge is 2.25. The summed E-state index contributed by atoms with van der Waals surface area (Å²) in [6.45, 7) is 0. The lowest BCUT2D eigenvalue weighted by molar-refractivity contribution is 0.809. The van der Waals surface area contributed by atoms with E-state index >= 15 is 0 Å². The van der Waals surface area contributed by atoms with Crippen molar-refractivity contribution in [2.24, 2.45) is 0 Å². The van der Waals surface area contributed by atoms with Crippen molar-refractivity contribution in [2.75, 3.05) is 5.73 Å². The molecule has 0 bridgehead atoms. The number of hydrogen-bond acceptors (Lipinski definition) is 4. The molecule has 15 heavy (non-hydrogen) atoms. The van der Waals surface area contributed by atoms with Gasteiger partial charge in [-0.3, -0.25) is 0 Å². The third kappa shape index (κ3) is 1.56. The van der Waals surface area contributed by atoms with Crippen LogP contribution in [0.1, 0.15) is 24.5 Å². The van der Waals surface area contributed by atoms with Gasteiger partial charge in [0.25, 0.3) is 0 Å². The van der Waals surface area contributed by atoms with Gasteiger partial charge in [-0.25, -0.2) is 14.6 Å². The molecule has 1 aliphatic carbocycles. The lowest BCUT2D eigenvalue weighted by Crippen LogP contribution is -2.01. The smallest absolute Gasteiger partial charge is 0.158 e. The topological polar surface area (TPSA) is 69.6 Å². The average Bonchev–Trinajstić information content (AvgIpc) is 2.97. The molecule has 0 saturated heterocycles. The quantitative estimate of drug-likeness (QED) is 0.790. The number of nitrogens with two attached hydrogens (primary N) is 1. The Morgan fingerprint density at radius 2 is 2.20 bits per heavy atom. The third-order valence-corrected chi connectivity index (χ3v) is 2.51. The third-order valence-electron chi connectivity index (χ3n) is 2.51. The summed E-state index contributed by atoms with van der Waals surface area (Å²) < 4.78 is 1.74. The zero-order valence-electron chi connectivity index (χ0n) is 8.17. The van der Waals surface area contributed by atoms with Crippen molar-refractivity contribution in [1.29, 1.82) is 0 Å². The molecule has 2 N–H and O–H groups in total. The van der Waals surface area contributed by atoms with Crippen molar-refractivity contribution in [1.82, 2.24) is 19.7 Å². The Bertz CT molecular complexity index is 486. The number of hydrogen-bond donors (Lipinski definition) is 1. The predicted octanol–water partition coefficient (Wildman–Crippen LogP) is 1.12. The first kappa shape index (κ1) is 8.40. The van der Waals surface area contributed by atoms with Crippen LogP contribution < -0.4 is 5.73 Å². The van der Waals surface area contributed by atoms with Crippen LogP contribution in [0.5, 0.6) is 0 Å². The summed E-state index contributed by atoms with van der Waals surface area (Å²) in [5.74, 6) is 1.84. The van der Waals surface area contributed by atoms with Crippen LogP contribution in [-0.4, -0.2) is 19.7 Å². The monoisotopic (exact) mass is 201 g/mol. The number of aromatic nitrogens is 4. The number of anilines is 1. The zero-order valence-corrected chi connectivity index (χ0v) is 8.17. The first-order valence-corrected chi connectivity index (χ1v) is 4.96. The molecule has 0 aliphatic heterocycles. The van der Waals surface area contributed by atoms with Crippen molar-refractivity contribution in [3.63, 3.8) is 0 Å². The SMILES string of the molecule is Nc1cc(-n2ccc(C3CC3)n2)ncn1. The van der Waals surface area contributed by atoms with Crippen molar-refractivity contribution in [3.05, 3.63) is 30.4 Å². The molecule has 76 valence electrons.